The maximum absolute atomic E-state index is 11.0. The summed E-state index contributed by atoms with van der Waals surface area (Å²) in [6, 6.07) is 7.38. The van der Waals surface area contributed by atoms with Crippen LogP contribution in [-0.4, -0.2) is 27.1 Å². The molecule has 0 bridgehead atoms. The van der Waals surface area contributed by atoms with Crippen LogP contribution in [0.2, 0.25) is 0 Å². The Morgan fingerprint density at radius 2 is 1.33 bits per heavy atom. The summed E-state index contributed by atoms with van der Waals surface area (Å²) in [5.41, 5.74) is 1.15. The van der Waals surface area contributed by atoms with Gasteiger partial charge in [0.15, 0.2) is 0 Å². The lowest BCUT2D eigenvalue weighted by atomic mass is 10.0. The largest absolute Gasteiger partial charge is 0.478 e. The molecule has 2 aromatic rings. The van der Waals surface area contributed by atoms with Crippen LogP contribution in [0.1, 0.15) is 20.7 Å². The van der Waals surface area contributed by atoms with Crippen LogP contribution in [0, 0.1) is 0 Å². The molecule has 1 aromatic carbocycles. The highest BCUT2D eigenvalue weighted by Gasteiger charge is 2.12. The van der Waals surface area contributed by atoms with Crippen molar-refractivity contribution in [1.82, 2.24) is 4.98 Å². The smallest absolute Gasteiger partial charge is 0.335 e. The van der Waals surface area contributed by atoms with E-state index in [4.69, 9.17) is 10.2 Å². The second-order valence-electron chi connectivity index (χ2n) is 3.65. The third-order valence-electron chi connectivity index (χ3n) is 2.44. The fourth-order valence-electron chi connectivity index (χ4n) is 1.59. The van der Waals surface area contributed by atoms with Crippen LogP contribution in [0.15, 0.2) is 42.7 Å². The third-order valence-corrected chi connectivity index (χ3v) is 2.44. The van der Waals surface area contributed by atoms with E-state index in [-0.39, 0.29) is 11.1 Å². The molecule has 0 aliphatic heterocycles. The molecule has 5 heteroatoms. The van der Waals surface area contributed by atoms with Gasteiger partial charge in [-0.2, -0.15) is 0 Å². The summed E-state index contributed by atoms with van der Waals surface area (Å²) in [7, 11) is 0. The normalized spacial score (nSPS) is 10.0. The topological polar surface area (TPSA) is 87.5 Å². The molecular formula is C13H9NO4. The molecule has 18 heavy (non-hydrogen) atoms. The van der Waals surface area contributed by atoms with Gasteiger partial charge in [0.1, 0.15) is 0 Å². The van der Waals surface area contributed by atoms with Gasteiger partial charge in [0.2, 0.25) is 0 Å². The Hall–Kier alpha value is -2.69. The number of benzene rings is 1. The molecular weight excluding hydrogens is 234 g/mol. The molecule has 0 aliphatic carbocycles. The first-order valence-corrected chi connectivity index (χ1v) is 5.10. The number of hydrogen-bond acceptors (Lipinski definition) is 3. The third kappa shape index (κ3) is 2.35. The number of aromatic carboxylic acids is 2. The zero-order valence-electron chi connectivity index (χ0n) is 9.20. The maximum Gasteiger partial charge on any atom is 0.335 e. The highest BCUT2D eigenvalue weighted by molar-refractivity contribution is 5.96. The molecule has 0 spiro atoms. The summed E-state index contributed by atoms with van der Waals surface area (Å²) >= 11 is 0. The maximum atomic E-state index is 11.0. The van der Waals surface area contributed by atoms with Gasteiger partial charge in [-0.05, 0) is 41.5 Å². The molecule has 0 saturated heterocycles. The summed E-state index contributed by atoms with van der Waals surface area (Å²) in [5, 5.41) is 17.9. The standard InChI is InChI=1S/C13H9NO4/c15-12(16)10-5-9(6-11(7-10)13(17)18)8-1-3-14-4-2-8/h1-7H,(H,15,16)(H,17,18). The van der Waals surface area contributed by atoms with Crippen molar-refractivity contribution in [2.45, 2.75) is 0 Å². The van der Waals surface area contributed by atoms with E-state index < -0.39 is 11.9 Å². The van der Waals surface area contributed by atoms with Gasteiger partial charge in [-0.15, -0.1) is 0 Å². The first-order valence-electron chi connectivity index (χ1n) is 5.10. The minimum absolute atomic E-state index is 0.0540. The molecule has 0 fully saturated rings. The van der Waals surface area contributed by atoms with Crippen molar-refractivity contribution in [1.29, 1.82) is 0 Å². The molecule has 90 valence electrons. The van der Waals surface area contributed by atoms with Gasteiger partial charge in [-0.1, -0.05) is 0 Å². The molecule has 2 rings (SSSR count). The van der Waals surface area contributed by atoms with Gasteiger partial charge in [0.25, 0.3) is 0 Å². The Labute approximate surface area is 102 Å². The first kappa shape index (κ1) is 11.8. The number of hydrogen-bond donors (Lipinski definition) is 2. The summed E-state index contributed by atoms with van der Waals surface area (Å²) < 4.78 is 0. The van der Waals surface area contributed by atoms with Crippen LogP contribution < -0.4 is 0 Å². The fraction of sp³-hybridized carbons (Fsp3) is 0. The van der Waals surface area contributed by atoms with Gasteiger partial charge in [0.05, 0.1) is 11.1 Å². The first-order chi connectivity index (χ1) is 8.58. The number of carboxylic acids is 2. The van der Waals surface area contributed by atoms with E-state index in [0.29, 0.717) is 5.56 Å². The van der Waals surface area contributed by atoms with Crippen LogP contribution in [0.4, 0.5) is 0 Å². The van der Waals surface area contributed by atoms with Crippen molar-refractivity contribution in [2.24, 2.45) is 0 Å². The molecule has 0 saturated carbocycles. The van der Waals surface area contributed by atoms with Crippen LogP contribution in [-0.2, 0) is 0 Å². The molecule has 1 heterocycles. The van der Waals surface area contributed by atoms with E-state index in [1.54, 1.807) is 24.5 Å². The number of aromatic nitrogens is 1. The molecule has 0 aliphatic rings. The van der Waals surface area contributed by atoms with Crippen molar-refractivity contribution in [3.05, 3.63) is 53.9 Å². The number of carboxylic acid groups (broad SMARTS) is 2. The lowest BCUT2D eigenvalue weighted by Gasteiger charge is -2.05. The van der Waals surface area contributed by atoms with Crippen molar-refractivity contribution in [3.8, 4) is 11.1 Å². The average molecular weight is 243 g/mol. The number of pyridine rings is 1. The molecule has 5 nitrogen and oxygen atoms in total. The average Bonchev–Trinajstić information content (AvgIpc) is 2.39. The lowest BCUT2D eigenvalue weighted by Crippen LogP contribution is -2.03. The van der Waals surface area contributed by atoms with Gasteiger partial charge in [-0.3, -0.25) is 4.98 Å². The minimum Gasteiger partial charge on any atom is -0.478 e. The van der Waals surface area contributed by atoms with Crippen LogP contribution >= 0.6 is 0 Å². The zero-order chi connectivity index (χ0) is 13.1. The van der Waals surface area contributed by atoms with Gasteiger partial charge >= 0.3 is 11.9 Å². The monoisotopic (exact) mass is 243 g/mol. The van der Waals surface area contributed by atoms with E-state index in [9.17, 15) is 9.59 Å². The minimum atomic E-state index is -1.16. The Kier molecular flexibility index (Phi) is 3.05. The second kappa shape index (κ2) is 4.67. The molecule has 0 unspecified atom stereocenters. The van der Waals surface area contributed by atoms with E-state index >= 15 is 0 Å². The second-order valence-corrected chi connectivity index (χ2v) is 3.65. The SMILES string of the molecule is O=C(O)c1cc(C(=O)O)cc(-c2ccncc2)c1. The van der Waals surface area contributed by atoms with Crippen molar-refractivity contribution >= 4 is 11.9 Å². The Bertz CT molecular complexity index is 575. The summed E-state index contributed by atoms with van der Waals surface area (Å²) in [6.45, 7) is 0. The quantitative estimate of drug-likeness (QED) is 0.862. The van der Waals surface area contributed by atoms with Gasteiger partial charge < -0.3 is 10.2 Å². The summed E-state index contributed by atoms with van der Waals surface area (Å²) in [5.74, 6) is -2.32. The predicted molar refractivity (Wildman–Crippen MR) is 63.6 cm³/mol. The van der Waals surface area contributed by atoms with Gasteiger partial charge in [-0.25, -0.2) is 9.59 Å². The predicted octanol–water partition coefficient (Wildman–Crippen LogP) is 2.15. The van der Waals surface area contributed by atoms with Crippen molar-refractivity contribution in [2.75, 3.05) is 0 Å². The van der Waals surface area contributed by atoms with E-state index in [2.05, 4.69) is 4.98 Å². The molecule has 2 N–H and O–H groups in total. The Morgan fingerprint density at radius 1 is 0.833 bits per heavy atom. The molecule has 0 amide bonds. The van der Waals surface area contributed by atoms with Crippen molar-refractivity contribution in [3.63, 3.8) is 0 Å². The van der Waals surface area contributed by atoms with E-state index in [0.717, 1.165) is 11.6 Å². The summed E-state index contributed by atoms with van der Waals surface area (Å²) in [4.78, 5) is 25.8. The molecule has 1 aromatic heterocycles. The van der Waals surface area contributed by atoms with E-state index in [1.165, 1.54) is 12.1 Å². The van der Waals surface area contributed by atoms with Crippen LogP contribution in [0.25, 0.3) is 11.1 Å². The fourth-order valence-corrected chi connectivity index (χ4v) is 1.59. The van der Waals surface area contributed by atoms with Gasteiger partial charge in [0, 0.05) is 12.4 Å². The molecule has 0 radical (unpaired) electrons. The lowest BCUT2D eigenvalue weighted by molar-refractivity contribution is 0.0696. The molecule has 0 atom stereocenters. The highest BCUT2D eigenvalue weighted by Crippen LogP contribution is 2.22. The number of nitrogens with zero attached hydrogens (tertiary/aromatic N) is 1. The zero-order valence-corrected chi connectivity index (χ0v) is 9.20. The Morgan fingerprint density at radius 3 is 1.78 bits per heavy atom. The highest BCUT2D eigenvalue weighted by atomic mass is 16.4. The summed E-state index contributed by atoms with van der Waals surface area (Å²) in [6.07, 6.45) is 3.12. The van der Waals surface area contributed by atoms with E-state index in [1.807, 2.05) is 0 Å². The van der Waals surface area contributed by atoms with Crippen LogP contribution in [0.3, 0.4) is 0 Å². The van der Waals surface area contributed by atoms with Crippen LogP contribution in [0.5, 0.6) is 0 Å². The number of carbonyl (C=O) groups is 2. The Balaban J connectivity index is 2.61. The number of rotatable bonds is 3. The van der Waals surface area contributed by atoms with Crippen molar-refractivity contribution < 1.29 is 19.8 Å².